The quantitative estimate of drug-likeness (QED) is 0.420. The number of carbonyl (C=O) groups excluding carboxylic acids is 3. The summed E-state index contributed by atoms with van der Waals surface area (Å²) < 4.78 is 38.1. The van der Waals surface area contributed by atoms with Crippen LogP contribution in [0.25, 0.3) is 0 Å². The second-order valence-electron chi connectivity index (χ2n) is 6.97. The van der Waals surface area contributed by atoms with Crippen LogP contribution in [0.3, 0.4) is 0 Å². The van der Waals surface area contributed by atoms with Crippen molar-refractivity contribution in [3.8, 4) is 5.75 Å². The molecule has 10 heteroatoms. The van der Waals surface area contributed by atoms with Crippen LogP contribution in [0.2, 0.25) is 0 Å². The zero-order valence-corrected chi connectivity index (χ0v) is 18.2. The molecule has 9 nitrogen and oxygen atoms in total. The maximum Gasteiger partial charge on any atom is 0.342 e. The lowest BCUT2D eigenvalue weighted by atomic mass is 10.1. The summed E-state index contributed by atoms with van der Waals surface area (Å²) in [7, 11) is -2.55. The Bertz CT molecular complexity index is 1320. The van der Waals surface area contributed by atoms with Crippen LogP contribution in [0.15, 0.2) is 77.7 Å². The summed E-state index contributed by atoms with van der Waals surface area (Å²) in [6, 6.07) is 17.9. The van der Waals surface area contributed by atoms with E-state index in [9.17, 15) is 22.8 Å². The van der Waals surface area contributed by atoms with Crippen LogP contribution in [0.1, 0.15) is 31.1 Å². The summed E-state index contributed by atoms with van der Waals surface area (Å²) in [5.41, 5.74) is 0.365. The number of imide groups is 1. The van der Waals surface area contributed by atoms with Crippen LogP contribution in [-0.4, -0.2) is 44.9 Å². The fourth-order valence-electron chi connectivity index (χ4n) is 3.27. The van der Waals surface area contributed by atoms with Gasteiger partial charge in [0.05, 0.1) is 34.4 Å². The third-order valence-electron chi connectivity index (χ3n) is 4.96. The Kier molecular flexibility index (Phi) is 5.84. The molecule has 1 aliphatic rings. The van der Waals surface area contributed by atoms with Crippen LogP contribution in [0, 0.1) is 0 Å². The summed E-state index contributed by atoms with van der Waals surface area (Å²) in [5, 5.41) is 0. The van der Waals surface area contributed by atoms with Crippen molar-refractivity contribution in [2.75, 3.05) is 18.6 Å². The fourth-order valence-corrected chi connectivity index (χ4v) is 4.35. The highest BCUT2D eigenvalue weighted by Gasteiger charge is 2.36. The maximum absolute atomic E-state index is 12.8. The van der Waals surface area contributed by atoms with E-state index in [1.165, 1.54) is 61.7 Å². The number of nitrogens with zero attached hydrogens (tertiary/aromatic N) is 1. The number of benzene rings is 3. The van der Waals surface area contributed by atoms with Crippen LogP contribution >= 0.6 is 0 Å². The van der Waals surface area contributed by atoms with Crippen LogP contribution < -0.4 is 9.46 Å². The van der Waals surface area contributed by atoms with Gasteiger partial charge in [-0.3, -0.25) is 14.3 Å². The molecule has 168 valence electrons. The number of ether oxygens (including phenoxy) is 2. The first-order valence-corrected chi connectivity index (χ1v) is 11.2. The van der Waals surface area contributed by atoms with E-state index >= 15 is 0 Å². The summed E-state index contributed by atoms with van der Waals surface area (Å²) in [6.45, 7) is -0.606. The molecule has 0 saturated carbocycles. The van der Waals surface area contributed by atoms with E-state index in [0.29, 0.717) is 5.75 Å². The Labute approximate surface area is 189 Å². The van der Waals surface area contributed by atoms with Gasteiger partial charge in [-0.25, -0.2) is 18.1 Å². The van der Waals surface area contributed by atoms with Crippen molar-refractivity contribution >= 4 is 33.5 Å². The second-order valence-corrected chi connectivity index (χ2v) is 8.65. The number of anilines is 1. The van der Waals surface area contributed by atoms with E-state index in [2.05, 4.69) is 4.72 Å². The lowest BCUT2D eigenvalue weighted by Gasteiger charge is -2.16. The maximum atomic E-state index is 12.8. The molecule has 3 aromatic rings. The number of hydrogen-bond acceptors (Lipinski definition) is 7. The van der Waals surface area contributed by atoms with Crippen molar-refractivity contribution in [3.63, 3.8) is 0 Å². The van der Waals surface area contributed by atoms with Crippen molar-refractivity contribution in [2.24, 2.45) is 0 Å². The number of fused-ring (bicyclic) bond motifs is 1. The number of para-hydroxylation sites is 1. The monoisotopic (exact) mass is 466 g/mol. The van der Waals surface area contributed by atoms with Gasteiger partial charge in [0, 0.05) is 0 Å². The summed E-state index contributed by atoms with van der Waals surface area (Å²) >= 11 is 0. The standard InChI is InChI=1S/C23H18N2O7S/c1-31-15-10-12-16(13-11-15)33(29,30)24-20-9-5-4-8-19(20)23(28)32-14-25-21(26)17-6-2-3-7-18(17)22(25)27/h2-13,24H,14H2,1H3. The summed E-state index contributed by atoms with van der Waals surface area (Å²) in [6.07, 6.45) is 0. The van der Waals surface area contributed by atoms with Gasteiger partial charge in [-0.1, -0.05) is 24.3 Å². The molecule has 3 aromatic carbocycles. The molecule has 0 radical (unpaired) electrons. The zero-order chi connectivity index (χ0) is 23.6. The van der Waals surface area contributed by atoms with Crippen molar-refractivity contribution in [2.45, 2.75) is 4.90 Å². The smallest absolute Gasteiger partial charge is 0.342 e. The number of methoxy groups -OCH3 is 1. The van der Waals surface area contributed by atoms with Gasteiger partial charge in [0.1, 0.15) is 5.75 Å². The van der Waals surface area contributed by atoms with Gasteiger partial charge in [-0.05, 0) is 48.5 Å². The molecule has 1 heterocycles. The van der Waals surface area contributed by atoms with Crippen molar-refractivity contribution in [3.05, 3.63) is 89.5 Å². The predicted octanol–water partition coefficient (Wildman–Crippen LogP) is 2.91. The SMILES string of the molecule is COc1ccc(S(=O)(=O)Nc2ccccc2C(=O)OCN2C(=O)c3ccccc3C2=O)cc1. The highest BCUT2D eigenvalue weighted by molar-refractivity contribution is 7.92. The molecule has 0 bridgehead atoms. The predicted molar refractivity (Wildman–Crippen MR) is 117 cm³/mol. The lowest BCUT2D eigenvalue weighted by molar-refractivity contribution is 0.0229. The normalized spacial score (nSPS) is 12.9. The Morgan fingerprint density at radius 3 is 2.06 bits per heavy atom. The molecule has 0 atom stereocenters. The average Bonchev–Trinajstić information content (AvgIpc) is 3.07. The first-order valence-electron chi connectivity index (χ1n) is 9.70. The van der Waals surface area contributed by atoms with Gasteiger partial charge in [0.2, 0.25) is 0 Å². The van der Waals surface area contributed by atoms with E-state index in [-0.39, 0.29) is 27.3 Å². The van der Waals surface area contributed by atoms with Crippen molar-refractivity contribution < 1.29 is 32.3 Å². The lowest BCUT2D eigenvalue weighted by Crippen LogP contribution is -2.33. The summed E-state index contributed by atoms with van der Waals surface area (Å²) in [4.78, 5) is 38.3. The molecule has 4 rings (SSSR count). The number of nitrogens with one attached hydrogen (secondary N) is 1. The van der Waals surface area contributed by atoms with Gasteiger partial charge in [0.25, 0.3) is 21.8 Å². The molecule has 0 aliphatic carbocycles. The fraction of sp³-hybridized carbons (Fsp3) is 0.0870. The first kappa shape index (κ1) is 22.0. The number of sulfonamides is 1. The number of hydrogen-bond donors (Lipinski definition) is 1. The first-order chi connectivity index (χ1) is 15.8. The molecule has 1 aliphatic heterocycles. The minimum absolute atomic E-state index is 0.0133. The summed E-state index contributed by atoms with van der Waals surface area (Å²) in [5.74, 6) is -1.56. The van der Waals surface area contributed by atoms with Gasteiger partial charge < -0.3 is 9.47 Å². The highest BCUT2D eigenvalue weighted by Crippen LogP contribution is 2.24. The number of carbonyl (C=O) groups is 3. The van der Waals surface area contributed by atoms with E-state index in [0.717, 1.165) is 4.90 Å². The van der Waals surface area contributed by atoms with Gasteiger partial charge >= 0.3 is 5.97 Å². The van der Waals surface area contributed by atoms with E-state index < -0.39 is 34.5 Å². The Morgan fingerprint density at radius 1 is 0.879 bits per heavy atom. The largest absolute Gasteiger partial charge is 0.497 e. The van der Waals surface area contributed by atoms with E-state index in [1.807, 2.05) is 0 Å². The average molecular weight is 466 g/mol. The number of amides is 2. The van der Waals surface area contributed by atoms with Crippen LogP contribution in [0.5, 0.6) is 5.75 Å². The Hall–Kier alpha value is -4.18. The number of rotatable bonds is 7. The molecular formula is C23H18N2O7S. The molecule has 0 fully saturated rings. The van der Waals surface area contributed by atoms with Crippen LogP contribution in [-0.2, 0) is 14.8 Å². The van der Waals surface area contributed by atoms with Gasteiger partial charge in [-0.15, -0.1) is 0 Å². The second kappa shape index (κ2) is 8.75. The van der Waals surface area contributed by atoms with Crippen molar-refractivity contribution in [1.82, 2.24) is 4.90 Å². The van der Waals surface area contributed by atoms with Gasteiger partial charge in [0.15, 0.2) is 6.73 Å². The topological polar surface area (TPSA) is 119 Å². The van der Waals surface area contributed by atoms with Gasteiger partial charge in [-0.2, -0.15) is 0 Å². The molecule has 1 N–H and O–H groups in total. The number of esters is 1. The Morgan fingerprint density at radius 2 is 1.45 bits per heavy atom. The minimum Gasteiger partial charge on any atom is -0.497 e. The van der Waals surface area contributed by atoms with Crippen molar-refractivity contribution in [1.29, 1.82) is 0 Å². The zero-order valence-electron chi connectivity index (χ0n) is 17.3. The van der Waals surface area contributed by atoms with Crippen LogP contribution in [0.4, 0.5) is 5.69 Å². The minimum atomic E-state index is -4.01. The third-order valence-corrected chi connectivity index (χ3v) is 6.35. The highest BCUT2D eigenvalue weighted by atomic mass is 32.2. The molecule has 0 spiro atoms. The Balaban J connectivity index is 1.50. The van der Waals surface area contributed by atoms with E-state index in [4.69, 9.17) is 9.47 Å². The van der Waals surface area contributed by atoms with E-state index in [1.54, 1.807) is 18.2 Å². The molecule has 0 unspecified atom stereocenters. The third kappa shape index (κ3) is 4.28. The molecule has 33 heavy (non-hydrogen) atoms. The molecule has 0 saturated heterocycles. The molecule has 2 amide bonds. The molecular weight excluding hydrogens is 448 g/mol. The molecule has 0 aromatic heterocycles.